The first-order valence-electron chi connectivity index (χ1n) is 6.15. The van der Waals surface area contributed by atoms with E-state index in [2.05, 4.69) is 24.5 Å². The number of amides is 1. The van der Waals surface area contributed by atoms with E-state index in [0.29, 0.717) is 11.3 Å². The monoisotopic (exact) mass is 210 g/mol. The topological polar surface area (TPSA) is 41.1 Å². The highest BCUT2D eigenvalue weighted by Crippen LogP contribution is 2.51. The molecule has 3 nitrogen and oxygen atoms in total. The fraction of sp³-hybridized carbons (Fsp3) is 0.917. The lowest BCUT2D eigenvalue weighted by atomic mass is 9.92. The Bertz CT molecular complexity index is 240. The Morgan fingerprint density at radius 3 is 2.73 bits per heavy atom. The average molecular weight is 210 g/mol. The van der Waals surface area contributed by atoms with Crippen molar-refractivity contribution in [1.29, 1.82) is 0 Å². The number of carbonyl (C=O) groups is 1. The van der Waals surface area contributed by atoms with Gasteiger partial charge in [0, 0.05) is 6.54 Å². The van der Waals surface area contributed by atoms with Gasteiger partial charge >= 0.3 is 0 Å². The molecule has 0 aromatic carbocycles. The maximum absolute atomic E-state index is 11.8. The van der Waals surface area contributed by atoms with Crippen molar-refractivity contribution in [1.82, 2.24) is 10.6 Å². The number of carbonyl (C=O) groups excluding carboxylic acids is 1. The lowest BCUT2D eigenvalue weighted by molar-refractivity contribution is -0.123. The lowest BCUT2D eigenvalue weighted by Gasteiger charge is -2.21. The Balaban J connectivity index is 1.75. The molecule has 2 rings (SSSR count). The normalized spacial score (nSPS) is 28.1. The number of nitrogens with one attached hydrogen (secondary N) is 2. The molecule has 1 amide bonds. The summed E-state index contributed by atoms with van der Waals surface area (Å²) >= 11 is 0. The summed E-state index contributed by atoms with van der Waals surface area (Å²) < 4.78 is 0. The molecular weight excluding hydrogens is 188 g/mol. The van der Waals surface area contributed by atoms with Gasteiger partial charge in [-0.15, -0.1) is 0 Å². The molecule has 0 bridgehead atoms. The highest BCUT2D eigenvalue weighted by atomic mass is 16.2. The molecule has 1 heterocycles. The molecule has 0 unspecified atom stereocenters. The molecule has 86 valence electrons. The van der Waals surface area contributed by atoms with Crippen LogP contribution in [0.3, 0.4) is 0 Å². The molecular formula is C12H22N2O. The molecule has 1 atom stereocenters. The molecule has 2 aliphatic rings. The van der Waals surface area contributed by atoms with Gasteiger partial charge in [-0.05, 0) is 43.6 Å². The maximum Gasteiger partial charge on any atom is 0.237 e. The second kappa shape index (κ2) is 4.12. The first kappa shape index (κ1) is 10.9. The molecule has 1 aliphatic heterocycles. The standard InChI is InChI=1S/C12H22N2O/c1-9(2)12(5-6-12)8-14-11(15)10-4-3-7-13-10/h9-10,13H,3-8H2,1-2H3,(H,14,15)/t10-/m1/s1. The van der Waals surface area contributed by atoms with E-state index in [1.807, 2.05) is 0 Å². The third-order valence-electron chi connectivity index (χ3n) is 4.11. The first-order chi connectivity index (χ1) is 7.14. The summed E-state index contributed by atoms with van der Waals surface area (Å²) in [4.78, 5) is 11.8. The van der Waals surface area contributed by atoms with Crippen molar-refractivity contribution in [3.05, 3.63) is 0 Å². The minimum Gasteiger partial charge on any atom is -0.354 e. The Hall–Kier alpha value is -0.570. The van der Waals surface area contributed by atoms with Gasteiger partial charge in [0.2, 0.25) is 5.91 Å². The Labute approximate surface area is 92.0 Å². The van der Waals surface area contributed by atoms with Crippen molar-refractivity contribution < 1.29 is 4.79 Å². The van der Waals surface area contributed by atoms with Crippen LogP contribution in [0, 0.1) is 11.3 Å². The van der Waals surface area contributed by atoms with Crippen LogP contribution in [0.2, 0.25) is 0 Å². The number of rotatable bonds is 4. The molecule has 0 radical (unpaired) electrons. The van der Waals surface area contributed by atoms with Crippen LogP contribution in [-0.4, -0.2) is 25.0 Å². The summed E-state index contributed by atoms with van der Waals surface area (Å²) in [6.45, 7) is 6.38. The largest absolute Gasteiger partial charge is 0.354 e. The van der Waals surface area contributed by atoms with E-state index in [9.17, 15) is 4.79 Å². The summed E-state index contributed by atoms with van der Waals surface area (Å²) in [5.41, 5.74) is 0.425. The predicted octanol–water partition coefficient (Wildman–Crippen LogP) is 1.29. The molecule has 1 aliphatic carbocycles. The van der Waals surface area contributed by atoms with Gasteiger partial charge in [0.25, 0.3) is 0 Å². The quantitative estimate of drug-likeness (QED) is 0.734. The van der Waals surface area contributed by atoms with Crippen LogP contribution in [0.1, 0.15) is 39.5 Å². The van der Waals surface area contributed by atoms with Gasteiger partial charge in [-0.1, -0.05) is 13.8 Å². The van der Waals surface area contributed by atoms with E-state index in [4.69, 9.17) is 0 Å². The van der Waals surface area contributed by atoms with Crippen molar-refractivity contribution >= 4 is 5.91 Å². The van der Waals surface area contributed by atoms with E-state index in [-0.39, 0.29) is 11.9 Å². The van der Waals surface area contributed by atoms with Crippen molar-refractivity contribution in [3.63, 3.8) is 0 Å². The van der Waals surface area contributed by atoms with Crippen molar-refractivity contribution in [2.24, 2.45) is 11.3 Å². The number of hydrogen-bond donors (Lipinski definition) is 2. The van der Waals surface area contributed by atoms with E-state index in [1.54, 1.807) is 0 Å². The minimum atomic E-state index is 0.0768. The van der Waals surface area contributed by atoms with Gasteiger partial charge in [-0.2, -0.15) is 0 Å². The summed E-state index contributed by atoms with van der Waals surface area (Å²) in [7, 11) is 0. The van der Waals surface area contributed by atoms with Crippen molar-refractivity contribution in [2.45, 2.75) is 45.6 Å². The van der Waals surface area contributed by atoms with E-state index < -0.39 is 0 Å². The van der Waals surface area contributed by atoms with E-state index >= 15 is 0 Å². The Morgan fingerprint density at radius 1 is 1.53 bits per heavy atom. The fourth-order valence-corrected chi connectivity index (χ4v) is 2.41. The van der Waals surface area contributed by atoms with Crippen LogP contribution in [0.5, 0.6) is 0 Å². The maximum atomic E-state index is 11.8. The van der Waals surface area contributed by atoms with Crippen LogP contribution >= 0.6 is 0 Å². The fourth-order valence-electron chi connectivity index (χ4n) is 2.41. The van der Waals surface area contributed by atoms with E-state index in [0.717, 1.165) is 25.9 Å². The average Bonchev–Trinajstić information content (AvgIpc) is 2.80. The molecule has 1 saturated carbocycles. The van der Waals surface area contributed by atoms with Crippen LogP contribution in [0.25, 0.3) is 0 Å². The number of hydrogen-bond acceptors (Lipinski definition) is 2. The zero-order valence-electron chi connectivity index (χ0n) is 9.81. The van der Waals surface area contributed by atoms with Gasteiger partial charge in [-0.3, -0.25) is 4.79 Å². The van der Waals surface area contributed by atoms with Crippen LogP contribution in [0.15, 0.2) is 0 Å². The molecule has 2 N–H and O–H groups in total. The van der Waals surface area contributed by atoms with Gasteiger partial charge < -0.3 is 10.6 Å². The van der Waals surface area contributed by atoms with Crippen LogP contribution in [0.4, 0.5) is 0 Å². The van der Waals surface area contributed by atoms with Crippen molar-refractivity contribution in [3.8, 4) is 0 Å². The highest BCUT2D eigenvalue weighted by Gasteiger charge is 2.45. The highest BCUT2D eigenvalue weighted by molar-refractivity contribution is 5.82. The van der Waals surface area contributed by atoms with Gasteiger partial charge in [0.05, 0.1) is 6.04 Å². The van der Waals surface area contributed by atoms with Gasteiger partial charge in [0.1, 0.15) is 0 Å². The minimum absolute atomic E-state index is 0.0768. The molecule has 15 heavy (non-hydrogen) atoms. The molecule has 2 fully saturated rings. The summed E-state index contributed by atoms with van der Waals surface area (Å²) in [6.07, 6.45) is 4.69. The summed E-state index contributed by atoms with van der Waals surface area (Å²) in [5, 5.41) is 6.34. The third-order valence-corrected chi connectivity index (χ3v) is 4.11. The Kier molecular flexibility index (Phi) is 3.01. The zero-order chi connectivity index (χ0) is 10.9. The second-order valence-electron chi connectivity index (χ2n) is 5.38. The SMILES string of the molecule is CC(C)C1(CNC(=O)[C@H]2CCCN2)CC1. The Morgan fingerprint density at radius 2 is 2.27 bits per heavy atom. The molecule has 1 saturated heterocycles. The third kappa shape index (κ3) is 2.33. The van der Waals surface area contributed by atoms with Gasteiger partial charge in [0.15, 0.2) is 0 Å². The van der Waals surface area contributed by atoms with Crippen LogP contribution in [-0.2, 0) is 4.79 Å². The lowest BCUT2D eigenvalue weighted by Crippen LogP contribution is -2.43. The predicted molar refractivity (Wildman–Crippen MR) is 60.5 cm³/mol. The van der Waals surface area contributed by atoms with E-state index in [1.165, 1.54) is 12.8 Å². The molecule has 0 spiro atoms. The van der Waals surface area contributed by atoms with Crippen molar-refractivity contribution in [2.75, 3.05) is 13.1 Å². The first-order valence-corrected chi connectivity index (χ1v) is 6.15. The van der Waals surface area contributed by atoms with Crippen LogP contribution < -0.4 is 10.6 Å². The molecule has 3 heteroatoms. The zero-order valence-corrected chi connectivity index (χ0v) is 9.81. The smallest absolute Gasteiger partial charge is 0.237 e. The second-order valence-corrected chi connectivity index (χ2v) is 5.38. The summed E-state index contributed by atoms with van der Waals surface area (Å²) in [6, 6.07) is 0.0768. The van der Waals surface area contributed by atoms with Gasteiger partial charge in [-0.25, -0.2) is 0 Å². The molecule has 0 aromatic rings. The summed E-state index contributed by atoms with van der Waals surface area (Å²) in [5.74, 6) is 0.897. The molecule has 0 aromatic heterocycles.